The molecule has 1 aliphatic rings. The van der Waals surface area contributed by atoms with Crippen LogP contribution in [0.5, 0.6) is 0 Å². The summed E-state index contributed by atoms with van der Waals surface area (Å²) in [5, 5.41) is 3.46. The Morgan fingerprint density at radius 2 is 2.44 bits per heavy atom. The highest BCUT2D eigenvalue weighted by Gasteiger charge is 2.14. The Balaban J connectivity index is 1.77. The summed E-state index contributed by atoms with van der Waals surface area (Å²) in [5.74, 6) is 0.808. The van der Waals surface area contributed by atoms with Crippen LogP contribution in [0.1, 0.15) is 18.5 Å². The molecule has 1 N–H and O–H groups in total. The molecule has 0 amide bonds. The number of aromatic nitrogens is 1. The van der Waals surface area contributed by atoms with Gasteiger partial charge in [0.1, 0.15) is 0 Å². The van der Waals surface area contributed by atoms with Gasteiger partial charge in [0, 0.05) is 19.3 Å². The summed E-state index contributed by atoms with van der Waals surface area (Å²) in [6.07, 6.45) is 4.55. The number of pyridine rings is 1. The van der Waals surface area contributed by atoms with E-state index in [4.69, 9.17) is 0 Å². The van der Waals surface area contributed by atoms with Crippen LogP contribution in [0.4, 0.5) is 0 Å². The molecule has 0 saturated carbocycles. The van der Waals surface area contributed by atoms with Gasteiger partial charge in [-0.25, -0.2) is 0 Å². The van der Waals surface area contributed by atoms with Crippen molar-refractivity contribution in [1.82, 2.24) is 15.2 Å². The van der Waals surface area contributed by atoms with Crippen LogP contribution in [-0.2, 0) is 6.54 Å². The summed E-state index contributed by atoms with van der Waals surface area (Å²) in [5.41, 5.74) is 1.16. The van der Waals surface area contributed by atoms with Gasteiger partial charge in [0.05, 0.1) is 5.69 Å². The van der Waals surface area contributed by atoms with Crippen LogP contribution < -0.4 is 5.32 Å². The number of hydrogen-bond donors (Lipinski definition) is 1. The minimum atomic E-state index is 0.808. The molecule has 1 atom stereocenters. The zero-order valence-electron chi connectivity index (χ0n) is 10.0. The molecule has 1 aliphatic heterocycles. The quantitative estimate of drug-likeness (QED) is 0.832. The molecule has 2 heterocycles. The van der Waals surface area contributed by atoms with Crippen LogP contribution >= 0.6 is 0 Å². The molecule has 0 bridgehead atoms. The average Bonchev–Trinajstić information content (AvgIpc) is 2.31. The number of rotatable bonds is 4. The Labute approximate surface area is 97.9 Å². The lowest BCUT2D eigenvalue weighted by molar-refractivity contribution is 0.235. The van der Waals surface area contributed by atoms with Crippen molar-refractivity contribution in [2.75, 3.05) is 26.7 Å². The molecule has 2 rings (SSSR count). The summed E-state index contributed by atoms with van der Waals surface area (Å²) in [4.78, 5) is 6.73. The topological polar surface area (TPSA) is 28.2 Å². The van der Waals surface area contributed by atoms with Crippen molar-refractivity contribution in [2.24, 2.45) is 5.92 Å². The highest BCUT2D eigenvalue weighted by molar-refractivity contribution is 5.03. The lowest BCUT2D eigenvalue weighted by Gasteiger charge is -2.27. The molecule has 3 heteroatoms. The molecule has 1 fully saturated rings. The first kappa shape index (κ1) is 11.6. The Bertz CT molecular complexity index is 293. The maximum absolute atomic E-state index is 4.35. The highest BCUT2D eigenvalue weighted by Crippen LogP contribution is 2.12. The van der Waals surface area contributed by atoms with Crippen molar-refractivity contribution in [1.29, 1.82) is 0 Å². The largest absolute Gasteiger partial charge is 0.316 e. The van der Waals surface area contributed by atoms with Gasteiger partial charge in [-0.3, -0.25) is 4.98 Å². The molecule has 16 heavy (non-hydrogen) atoms. The van der Waals surface area contributed by atoms with Gasteiger partial charge < -0.3 is 10.2 Å². The SMILES string of the molecule is CN(Cc1ccccn1)C[C@H]1CCCNC1. The monoisotopic (exact) mass is 219 g/mol. The second kappa shape index (κ2) is 5.97. The molecular formula is C13H21N3. The van der Waals surface area contributed by atoms with E-state index in [1.807, 2.05) is 12.3 Å². The molecule has 3 nitrogen and oxygen atoms in total. The zero-order chi connectivity index (χ0) is 11.2. The van der Waals surface area contributed by atoms with Crippen molar-refractivity contribution < 1.29 is 0 Å². The molecule has 0 spiro atoms. The van der Waals surface area contributed by atoms with Crippen LogP contribution in [0, 0.1) is 5.92 Å². The molecule has 1 saturated heterocycles. The maximum Gasteiger partial charge on any atom is 0.0543 e. The number of piperidine rings is 1. The summed E-state index contributed by atoms with van der Waals surface area (Å²) in [6, 6.07) is 6.11. The zero-order valence-corrected chi connectivity index (χ0v) is 10.0. The normalized spacial score (nSPS) is 21.2. The number of nitrogens with zero attached hydrogens (tertiary/aromatic N) is 2. The molecular weight excluding hydrogens is 198 g/mol. The summed E-state index contributed by atoms with van der Waals surface area (Å²) in [7, 11) is 2.18. The first-order chi connectivity index (χ1) is 7.84. The Morgan fingerprint density at radius 1 is 1.50 bits per heavy atom. The fourth-order valence-electron chi connectivity index (χ4n) is 2.35. The molecule has 1 aromatic heterocycles. The fraction of sp³-hybridized carbons (Fsp3) is 0.615. The summed E-state index contributed by atoms with van der Waals surface area (Å²) < 4.78 is 0. The second-order valence-corrected chi connectivity index (χ2v) is 4.73. The van der Waals surface area contributed by atoms with Gasteiger partial charge in [-0.1, -0.05) is 6.07 Å². The lowest BCUT2D eigenvalue weighted by atomic mass is 9.99. The first-order valence-corrected chi connectivity index (χ1v) is 6.14. The molecule has 88 valence electrons. The van der Waals surface area contributed by atoms with Crippen molar-refractivity contribution in [3.8, 4) is 0 Å². The third-order valence-electron chi connectivity index (χ3n) is 3.13. The van der Waals surface area contributed by atoms with E-state index in [2.05, 4.69) is 34.4 Å². The standard InChI is InChI=1S/C13H21N3/c1-16(10-12-5-4-7-14-9-12)11-13-6-2-3-8-15-13/h2-3,6,8,12,14H,4-5,7,9-11H2,1H3/t12-/m0/s1. The van der Waals surface area contributed by atoms with Gasteiger partial charge >= 0.3 is 0 Å². The summed E-state index contributed by atoms with van der Waals surface area (Å²) >= 11 is 0. The second-order valence-electron chi connectivity index (χ2n) is 4.73. The molecule has 0 aliphatic carbocycles. The lowest BCUT2D eigenvalue weighted by Crippen LogP contribution is -2.36. The number of hydrogen-bond acceptors (Lipinski definition) is 3. The van der Waals surface area contributed by atoms with E-state index in [1.54, 1.807) is 0 Å². The van der Waals surface area contributed by atoms with E-state index >= 15 is 0 Å². The average molecular weight is 219 g/mol. The van der Waals surface area contributed by atoms with Gasteiger partial charge in [-0.15, -0.1) is 0 Å². The molecule has 1 aromatic rings. The fourth-order valence-corrected chi connectivity index (χ4v) is 2.35. The highest BCUT2D eigenvalue weighted by atomic mass is 15.1. The first-order valence-electron chi connectivity index (χ1n) is 6.14. The van der Waals surface area contributed by atoms with Crippen LogP contribution in [0.3, 0.4) is 0 Å². The van der Waals surface area contributed by atoms with Crippen LogP contribution in [0.2, 0.25) is 0 Å². The van der Waals surface area contributed by atoms with E-state index in [9.17, 15) is 0 Å². The van der Waals surface area contributed by atoms with Crippen LogP contribution in [0.25, 0.3) is 0 Å². The van der Waals surface area contributed by atoms with Crippen molar-refractivity contribution in [3.63, 3.8) is 0 Å². The predicted molar refractivity (Wildman–Crippen MR) is 66.2 cm³/mol. The van der Waals surface area contributed by atoms with Crippen LogP contribution in [0.15, 0.2) is 24.4 Å². The van der Waals surface area contributed by atoms with E-state index in [-0.39, 0.29) is 0 Å². The van der Waals surface area contributed by atoms with E-state index in [0.717, 1.165) is 18.2 Å². The molecule has 0 unspecified atom stereocenters. The molecule has 0 aromatic carbocycles. The maximum atomic E-state index is 4.35. The minimum absolute atomic E-state index is 0.808. The van der Waals surface area contributed by atoms with E-state index < -0.39 is 0 Å². The third-order valence-corrected chi connectivity index (χ3v) is 3.13. The van der Waals surface area contributed by atoms with Crippen LogP contribution in [-0.4, -0.2) is 36.6 Å². The smallest absolute Gasteiger partial charge is 0.0543 e. The van der Waals surface area contributed by atoms with Gasteiger partial charge in [-0.05, 0) is 51.0 Å². The third kappa shape index (κ3) is 3.58. The Kier molecular flexibility index (Phi) is 4.31. The van der Waals surface area contributed by atoms with Gasteiger partial charge in [0.25, 0.3) is 0 Å². The Morgan fingerprint density at radius 3 is 3.12 bits per heavy atom. The van der Waals surface area contributed by atoms with E-state index in [1.165, 1.54) is 32.5 Å². The molecule has 0 radical (unpaired) electrons. The van der Waals surface area contributed by atoms with Gasteiger partial charge in [0.15, 0.2) is 0 Å². The van der Waals surface area contributed by atoms with Crippen molar-refractivity contribution >= 4 is 0 Å². The number of nitrogens with one attached hydrogen (secondary N) is 1. The van der Waals surface area contributed by atoms with Gasteiger partial charge in [0.2, 0.25) is 0 Å². The Hall–Kier alpha value is -0.930. The van der Waals surface area contributed by atoms with Crippen molar-refractivity contribution in [3.05, 3.63) is 30.1 Å². The minimum Gasteiger partial charge on any atom is -0.316 e. The van der Waals surface area contributed by atoms with E-state index in [0.29, 0.717) is 0 Å². The summed E-state index contributed by atoms with van der Waals surface area (Å²) in [6.45, 7) is 4.49. The predicted octanol–water partition coefficient (Wildman–Crippen LogP) is 1.51. The van der Waals surface area contributed by atoms with Crippen molar-refractivity contribution in [2.45, 2.75) is 19.4 Å². The van der Waals surface area contributed by atoms with Gasteiger partial charge in [-0.2, -0.15) is 0 Å².